The molecule has 110 valence electrons. The van der Waals surface area contributed by atoms with Crippen LogP contribution in [0.3, 0.4) is 0 Å². The van der Waals surface area contributed by atoms with Gasteiger partial charge < -0.3 is 16.0 Å². The normalized spacial score (nSPS) is 19.0. The van der Waals surface area contributed by atoms with Crippen LogP contribution in [0.15, 0.2) is 42.5 Å². The Balaban J connectivity index is 1.68. The van der Waals surface area contributed by atoms with Gasteiger partial charge in [0.2, 0.25) is 0 Å². The summed E-state index contributed by atoms with van der Waals surface area (Å²) in [5.74, 6) is 0. The molecule has 0 saturated carbocycles. The van der Waals surface area contributed by atoms with Crippen molar-refractivity contribution in [2.24, 2.45) is 0 Å². The van der Waals surface area contributed by atoms with E-state index in [1.165, 1.54) is 6.42 Å². The summed E-state index contributed by atoms with van der Waals surface area (Å²) in [5.41, 5.74) is 0.854. The van der Waals surface area contributed by atoms with Gasteiger partial charge >= 0.3 is 6.03 Å². The fourth-order valence-corrected chi connectivity index (χ4v) is 2.82. The fourth-order valence-electron chi connectivity index (χ4n) is 2.82. The molecule has 2 aromatic rings. The van der Waals surface area contributed by atoms with Crippen molar-refractivity contribution in [1.29, 1.82) is 0 Å². The van der Waals surface area contributed by atoms with Gasteiger partial charge in [0.05, 0.1) is 5.69 Å². The standard InChI is InChI=1S/C17H21N3O/c21-17(19-14-8-3-4-11-18-12-14)20-16-10-5-7-13-6-1-2-9-15(13)16/h1-2,5-7,9-10,14,18H,3-4,8,11-12H2,(H2,19,20,21). The average molecular weight is 283 g/mol. The van der Waals surface area contributed by atoms with Crippen molar-refractivity contribution in [3.05, 3.63) is 42.5 Å². The van der Waals surface area contributed by atoms with Gasteiger partial charge in [0.25, 0.3) is 0 Å². The van der Waals surface area contributed by atoms with Crippen molar-refractivity contribution in [3.8, 4) is 0 Å². The van der Waals surface area contributed by atoms with Gasteiger partial charge in [-0.3, -0.25) is 0 Å². The highest BCUT2D eigenvalue weighted by Crippen LogP contribution is 2.22. The molecule has 0 bridgehead atoms. The number of carbonyl (C=O) groups excluding carboxylic acids is 1. The molecule has 4 heteroatoms. The van der Waals surface area contributed by atoms with Gasteiger partial charge in [-0.05, 0) is 30.8 Å². The molecule has 0 aromatic heterocycles. The number of hydrogen-bond acceptors (Lipinski definition) is 2. The minimum Gasteiger partial charge on any atom is -0.334 e. The molecular formula is C17H21N3O. The van der Waals surface area contributed by atoms with E-state index in [4.69, 9.17) is 0 Å². The highest BCUT2D eigenvalue weighted by atomic mass is 16.2. The summed E-state index contributed by atoms with van der Waals surface area (Å²) >= 11 is 0. The lowest BCUT2D eigenvalue weighted by Gasteiger charge is -2.17. The van der Waals surface area contributed by atoms with E-state index in [-0.39, 0.29) is 12.1 Å². The van der Waals surface area contributed by atoms with Crippen LogP contribution < -0.4 is 16.0 Å². The maximum Gasteiger partial charge on any atom is 0.319 e. The van der Waals surface area contributed by atoms with E-state index >= 15 is 0 Å². The number of nitrogens with one attached hydrogen (secondary N) is 3. The molecule has 0 spiro atoms. The van der Waals surface area contributed by atoms with Crippen LogP contribution in [-0.4, -0.2) is 25.2 Å². The molecule has 1 saturated heterocycles. The molecule has 4 nitrogen and oxygen atoms in total. The number of hydrogen-bond donors (Lipinski definition) is 3. The molecule has 0 aliphatic carbocycles. The summed E-state index contributed by atoms with van der Waals surface area (Å²) in [4.78, 5) is 12.2. The molecule has 1 aliphatic heterocycles. The van der Waals surface area contributed by atoms with Crippen molar-refractivity contribution in [2.75, 3.05) is 18.4 Å². The summed E-state index contributed by atoms with van der Waals surface area (Å²) in [6.07, 6.45) is 3.38. The van der Waals surface area contributed by atoms with E-state index in [1.54, 1.807) is 0 Å². The molecule has 2 amide bonds. The molecule has 1 aliphatic rings. The zero-order valence-corrected chi connectivity index (χ0v) is 12.1. The molecule has 3 rings (SSSR count). The third-order valence-corrected chi connectivity index (χ3v) is 3.92. The van der Waals surface area contributed by atoms with Crippen LogP contribution in [0.2, 0.25) is 0 Å². The Labute approximate surface area is 124 Å². The van der Waals surface area contributed by atoms with E-state index in [0.29, 0.717) is 0 Å². The van der Waals surface area contributed by atoms with Gasteiger partial charge in [-0.2, -0.15) is 0 Å². The maximum absolute atomic E-state index is 12.2. The van der Waals surface area contributed by atoms with Gasteiger partial charge in [0.15, 0.2) is 0 Å². The summed E-state index contributed by atoms with van der Waals surface area (Å²) in [6, 6.07) is 14.1. The van der Waals surface area contributed by atoms with E-state index in [0.717, 1.165) is 42.4 Å². The Kier molecular flexibility index (Phi) is 4.36. The first-order valence-electron chi connectivity index (χ1n) is 7.59. The molecule has 1 fully saturated rings. The predicted octanol–water partition coefficient (Wildman–Crippen LogP) is 3.10. The Hall–Kier alpha value is -2.07. The lowest BCUT2D eigenvalue weighted by atomic mass is 10.1. The molecule has 1 atom stereocenters. The molecule has 1 heterocycles. The summed E-state index contributed by atoms with van der Waals surface area (Å²) in [6.45, 7) is 1.89. The quantitative estimate of drug-likeness (QED) is 0.793. The second-order valence-electron chi connectivity index (χ2n) is 5.52. The van der Waals surface area contributed by atoms with Crippen LogP contribution in [0, 0.1) is 0 Å². The van der Waals surface area contributed by atoms with E-state index in [1.807, 2.05) is 42.5 Å². The Morgan fingerprint density at radius 2 is 1.95 bits per heavy atom. The second-order valence-corrected chi connectivity index (χ2v) is 5.52. The largest absolute Gasteiger partial charge is 0.334 e. The second kappa shape index (κ2) is 6.59. The van der Waals surface area contributed by atoms with Crippen LogP contribution >= 0.6 is 0 Å². The minimum atomic E-state index is -0.125. The van der Waals surface area contributed by atoms with Crippen LogP contribution in [0.25, 0.3) is 10.8 Å². The molecule has 2 aromatic carbocycles. The van der Waals surface area contributed by atoms with E-state index in [2.05, 4.69) is 16.0 Å². The Morgan fingerprint density at radius 1 is 1.10 bits per heavy atom. The van der Waals surface area contributed by atoms with Crippen LogP contribution in [0.1, 0.15) is 19.3 Å². The number of amides is 2. The number of fused-ring (bicyclic) bond motifs is 1. The fraction of sp³-hybridized carbons (Fsp3) is 0.353. The zero-order valence-electron chi connectivity index (χ0n) is 12.1. The van der Waals surface area contributed by atoms with Crippen molar-refractivity contribution in [3.63, 3.8) is 0 Å². The summed E-state index contributed by atoms with van der Waals surface area (Å²) < 4.78 is 0. The maximum atomic E-state index is 12.2. The smallest absolute Gasteiger partial charge is 0.319 e. The molecular weight excluding hydrogens is 262 g/mol. The number of rotatable bonds is 2. The Bertz CT molecular complexity index is 613. The van der Waals surface area contributed by atoms with E-state index in [9.17, 15) is 4.79 Å². The molecule has 21 heavy (non-hydrogen) atoms. The average Bonchev–Trinajstić information content (AvgIpc) is 2.76. The predicted molar refractivity (Wildman–Crippen MR) is 86.6 cm³/mol. The number of benzene rings is 2. The van der Waals surface area contributed by atoms with Gasteiger partial charge in [-0.15, -0.1) is 0 Å². The molecule has 3 N–H and O–H groups in total. The zero-order chi connectivity index (χ0) is 14.5. The van der Waals surface area contributed by atoms with Gasteiger partial charge in [-0.1, -0.05) is 42.8 Å². The molecule has 1 unspecified atom stereocenters. The highest BCUT2D eigenvalue weighted by molar-refractivity contribution is 6.01. The first kappa shape index (κ1) is 13.9. The molecule has 0 radical (unpaired) electrons. The van der Waals surface area contributed by atoms with Gasteiger partial charge in [0, 0.05) is 18.0 Å². The SMILES string of the molecule is O=C(Nc1cccc2ccccc12)NC1CCCCNC1. The van der Waals surface area contributed by atoms with Gasteiger partial charge in [0.1, 0.15) is 0 Å². The number of urea groups is 1. The van der Waals surface area contributed by atoms with E-state index < -0.39 is 0 Å². The van der Waals surface area contributed by atoms with Crippen LogP contribution in [0.5, 0.6) is 0 Å². The lowest BCUT2D eigenvalue weighted by molar-refractivity contribution is 0.247. The highest BCUT2D eigenvalue weighted by Gasteiger charge is 2.14. The van der Waals surface area contributed by atoms with Crippen molar-refractivity contribution in [1.82, 2.24) is 10.6 Å². The van der Waals surface area contributed by atoms with Crippen LogP contribution in [-0.2, 0) is 0 Å². The first-order valence-corrected chi connectivity index (χ1v) is 7.59. The third kappa shape index (κ3) is 3.52. The van der Waals surface area contributed by atoms with Crippen LogP contribution in [0.4, 0.5) is 10.5 Å². The topological polar surface area (TPSA) is 53.2 Å². The third-order valence-electron chi connectivity index (χ3n) is 3.92. The number of anilines is 1. The number of carbonyl (C=O) groups is 1. The van der Waals surface area contributed by atoms with Crippen molar-refractivity contribution < 1.29 is 4.79 Å². The lowest BCUT2D eigenvalue weighted by Crippen LogP contribution is -2.42. The first-order chi connectivity index (χ1) is 10.3. The van der Waals surface area contributed by atoms with Gasteiger partial charge in [-0.25, -0.2) is 4.79 Å². The summed E-state index contributed by atoms with van der Waals surface area (Å²) in [7, 11) is 0. The van der Waals surface area contributed by atoms with Crippen molar-refractivity contribution >= 4 is 22.5 Å². The Morgan fingerprint density at radius 3 is 2.90 bits per heavy atom. The van der Waals surface area contributed by atoms with Crippen molar-refractivity contribution in [2.45, 2.75) is 25.3 Å². The monoisotopic (exact) mass is 283 g/mol. The summed E-state index contributed by atoms with van der Waals surface area (Å²) in [5, 5.41) is 11.6. The minimum absolute atomic E-state index is 0.125.